The highest BCUT2D eigenvalue weighted by atomic mass is 16.4. The average molecular weight is 275 g/mol. The molecule has 1 aliphatic carbocycles. The highest BCUT2D eigenvalue weighted by Crippen LogP contribution is 2.28. The Morgan fingerprint density at radius 3 is 2.35 bits per heavy atom. The fourth-order valence-corrected chi connectivity index (χ4v) is 3.43. The number of nitrogens with one attached hydrogen (secondary N) is 1. The first-order valence-electron chi connectivity index (χ1n) is 7.57. The SMILES string of the molecule is CC1CC(C)CC(NCC(C(=O)O)c2ccccc2)C1. The molecule has 110 valence electrons. The molecule has 0 saturated heterocycles. The predicted molar refractivity (Wildman–Crippen MR) is 80.8 cm³/mol. The molecule has 0 aliphatic heterocycles. The molecule has 0 amide bonds. The predicted octanol–water partition coefficient (Wildman–Crippen LogP) is 3.27. The Bertz CT molecular complexity index is 422. The molecule has 0 spiro atoms. The second-order valence-electron chi connectivity index (χ2n) is 6.32. The van der Waals surface area contributed by atoms with Crippen LogP contribution < -0.4 is 5.32 Å². The molecule has 0 bridgehead atoms. The topological polar surface area (TPSA) is 49.3 Å². The normalized spacial score (nSPS) is 28.0. The summed E-state index contributed by atoms with van der Waals surface area (Å²) in [5, 5.41) is 12.9. The van der Waals surface area contributed by atoms with Gasteiger partial charge in [-0.3, -0.25) is 4.79 Å². The van der Waals surface area contributed by atoms with Crippen LogP contribution in [0.1, 0.15) is 44.6 Å². The maximum atomic E-state index is 11.5. The van der Waals surface area contributed by atoms with Crippen LogP contribution in [0, 0.1) is 11.8 Å². The van der Waals surface area contributed by atoms with Gasteiger partial charge in [-0.2, -0.15) is 0 Å². The Labute approximate surface area is 121 Å². The first kappa shape index (κ1) is 15.0. The fraction of sp³-hybridized carbons (Fsp3) is 0.588. The van der Waals surface area contributed by atoms with E-state index in [4.69, 9.17) is 0 Å². The van der Waals surface area contributed by atoms with Crippen LogP contribution in [0.25, 0.3) is 0 Å². The summed E-state index contributed by atoms with van der Waals surface area (Å²) < 4.78 is 0. The van der Waals surface area contributed by atoms with Gasteiger partial charge in [0.05, 0.1) is 5.92 Å². The summed E-state index contributed by atoms with van der Waals surface area (Å²) in [6.45, 7) is 5.09. The minimum Gasteiger partial charge on any atom is -0.481 e. The Hall–Kier alpha value is -1.35. The number of hydrogen-bond donors (Lipinski definition) is 2. The monoisotopic (exact) mass is 275 g/mol. The molecule has 2 rings (SSSR count). The van der Waals surface area contributed by atoms with E-state index in [1.807, 2.05) is 30.3 Å². The molecule has 3 heteroatoms. The van der Waals surface area contributed by atoms with Crippen molar-refractivity contribution in [2.45, 2.75) is 45.1 Å². The molecule has 0 aromatic heterocycles. The van der Waals surface area contributed by atoms with Gasteiger partial charge in [0, 0.05) is 12.6 Å². The van der Waals surface area contributed by atoms with Crippen molar-refractivity contribution in [1.82, 2.24) is 5.32 Å². The minimum absolute atomic E-state index is 0.455. The van der Waals surface area contributed by atoms with E-state index >= 15 is 0 Å². The Morgan fingerprint density at radius 1 is 1.20 bits per heavy atom. The zero-order valence-electron chi connectivity index (χ0n) is 12.4. The van der Waals surface area contributed by atoms with Crippen LogP contribution in [0.2, 0.25) is 0 Å². The lowest BCUT2D eigenvalue weighted by atomic mass is 9.80. The van der Waals surface area contributed by atoms with Gasteiger partial charge in [0.15, 0.2) is 0 Å². The maximum absolute atomic E-state index is 11.5. The van der Waals surface area contributed by atoms with E-state index in [9.17, 15) is 9.90 Å². The van der Waals surface area contributed by atoms with Crippen molar-refractivity contribution >= 4 is 5.97 Å². The number of aliphatic carboxylic acids is 1. The minimum atomic E-state index is -0.749. The summed E-state index contributed by atoms with van der Waals surface area (Å²) in [6, 6.07) is 9.96. The van der Waals surface area contributed by atoms with E-state index in [1.54, 1.807) is 0 Å². The van der Waals surface area contributed by atoms with Gasteiger partial charge in [-0.1, -0.05) is 44.2 Å². The van der Waals surface area contributed by atoms with Crippen molar-refractivity contribution in [1.29, 1.82) is 0 Å². The van der Waals surface area contributed by atoms with Gasteiger partial charge in [0.25, 0.3) is 0 Å². The van der Waals surface area contributed by atoms with Crippen molar-refractivity contribution in [3.8, 4) is 0 Å². The molecule has 0 heterocycles. The van der Waals surface area contributed by atoms with Crippen LogP contribution in [0.4, 0.5) is 0 Å². The molecular formula is C17H25NO2. The van der Waals surface area contributed by atoms with Gasteiger partial charge >= 0.3 is 5.97 Å². The number of benzene rings is 1. The number of carboxylic acid groups (broad SMARTS) is 1. The van der Waals surface area contributed by atoms with Crippen molar-refractivity contribution in [3.05, 3.63) is 35.9 Å². The lowest BCUT2D eigenvalue weighted by Crippen LogP contribution is -2.39. The second kappa shape index (κ2) is 6.89. The van der Waals surface area contributed by atoms with E-state index in [-0.39, 0.29) is 0 Å². The molecule has 1 aromatic rings. The van der Waals surface area contributed by atoms with E-state index in [0.717, 1.165) is 30.2 Å². The summed E-state index contributed by atoms with van der Waals surface area (Å²) in [7, 11) is 0. The second-order valence-corrected chi connectivity index (χ2v) is 6.32. The molecule has 3 unspecified atom stereocenters. The number of hydrogen-bond acceptors (Lipinski definition) is 2. The summed E-state index contributed by atoms with van der Waals surface area (Å²) in [6.07, 6.45) is 3.61. The third-order valence-corrected chi connectivity index (χ3v) is 4.29. The van der Waals surface area contributed by atoms with Crippen molar-refractivity contribution in [2.24, 2.45) is 11.8 Å². The standard InChI is InChI=1S/C17H25NO2/c1-12-8-13(2)10-15(9-12)18-11-16(17(19)20)14-6-4-3-5-7-14/h3-7,12-13,15-16,18H,8-11H2,1-2H3,(H,19,20). The smallest absolute Gasteiger partial charge is 0.312 e. The van der Waals surface area contributed by atoms with Gasteiger partial charge in [-0.15, -0.1) is 0 Å². The third-order valence-electron chi connectivity index (χ3n) is 4.29. The third kappa shape index (κ3) is 4.07. The van der Waals surface area contributed by atoms with Crippen LogP contribution >= 0.6 is 0 Å². The molecule has 2 N–H and O–H groups in total. The van der Waals surface area contributed by atoms with Crippen LogP contribution in [0.5, 0.6) is 0 Å². The molecule has 20 heavy (non-hydrogen) atoms. The van der Waals surface area contributed by atoms with Crippen LogP contribution in [-0.4, -0.2) is 23.7 Å². The maximum Gasteiger partial charge on any atom is 0.312 e. The van der Waals surface area contributed by atoms with Gasteiger partial charge in [0.2, 0.25) is 0 Å². The summed E-state index contributed by atoms with van der Waals surface area (Å²) in [5.74, 6) is 0.261. The number of carboxylic acids is 1. The largest absolute Gasteiger partial charge is 0.481 e. The van der Waals surface area contributed by atoms with Crippen molar-refractivity contribution in [3.63, 3.8) is 0 Å². The number of rotatable bonds is 5. The highest BCUT2D eigenvalue weighted by molar-refractivity contribution is 5.76. The Kier molecular flexibility index (Phi) is 5.18. The van der Waals surface area contributed by atoms with Crippen molar-refractivity contribution in [2.75, 3.05) is 6.54 Å². The highest BCUT2D eigenvalue weighted by Gasteiger charge is 2.26. The average Bonchev–Trinajstić information content (AvgIpc) is 2.38. The van der Waals surface area contributed by atoms with Crippen LogP contribution in [-0.2, 0) is 4.79 Å². The van der Waals surface area contributed by atoms with Gasteiger partial charge < -0.3 is 10.4 Å². The summed E-state index contributed by atoms with van der Waals surface area (Å²) in [5.41, 5.74) is 0.879. The van der Waals surface area contributed by atoms with E-state index in [1.165, 1.54) is 6.42 Å². The van der Waals surface area contributed by atoms with Crippen LogP contribution in [0.15, 0.2) is 30.3 Å². The van der Waals surface area contributed by atoms with E-state index in [2.05, 4.69) is 19.2 Å². The zero-order valence-corrected chi connectivity index (χ0v) is 12.4. The van der Waals surface area contributed by atoms with Crippen molar-refractivity contribution < 1.29 is 9.90 Å². The Balaban J connectivity index is 1.94. The molecule has 1 saturated carbocycles. The Morgan fingerprint density at radius 2 is 1.80 bits per heavy atom. The molecule has 1 aromatic carbocycles. The molecule has 0 radical (unpaired) electrons. The first-order valence-corrected chi connectivity index (χ1v) is 7.57. The summed E-state index contributed by atoms with van der Waals surface area (Å²) >= 11 is 0. The van der Waals surface area contributed by atoms with Gasteiger partial charge in [-0.25, -0.2) is 0 Å². The quantitative estimate of drug-likeness (QED) is 0.867. The van der Waals surface area contributed by atoms with E-state index < -0.39 is 11.9 Å². The van der Waals surface area contributed by atoms with E-state index in [0.29, 0.717) is 12.6 Å². The van der Waals surface area contributed by atoms with Gasteiger partial charge in [0.1, 0.15) is 0 Å². The number of carbonyl (C=O) groups is 1. The lowest BCUT2D eigenvalue weighted by molar-refractivity contribution is -0.138. The first-order chi connectivity index (χ1) is 9.56. The summed E-state index contributed by atoms with van der Waals surface area (Å²) in [4.78, 5) is 11.5. The molecule has 3 atom stereocenters. The van der Waals surface area contributed by atoms with Crippen LogP contribution in [0.3, 0.4) is 0 Å². The molecule has 3 nitrogen and oxygen atoms in total. The lowest BCUT2D eigenvalue weighted by Gasteiger charge is -2.32. The van der Waals surface area contributed by atoms with Gasteiger partial charge in [-0.05, 0) is 36.7 Å². The fourth-order valence-electron chi connectivity index (χ4n) is 3.43. The zero-order chi connectivity index (χ0) is 14.5. The molecule has 1 fully saturated rings. The molecule has 1 aliphatic rings. The molecular weight excluding hydrogens is 250 g/mol.